The molecule has 0 bridgehead atoms. The number of halogens is 1. The highest BCUT2D eigenvalue weighted by atomic mass is 35.5. The van der Waals surface area contributed by atoms with Gasteiger partial charge in [-0.05, 0) is 29.8 Å². The fraction of sp³-hybridized carbons (Fsp3) is 0.294. The van der Waals surface area contributed by atoms with Crippen LogP contribution in [-0.4, -0.2) is 33.0 Å². The van der Waals surface area contributed by atoms with E-state index in [1.807, 2.05) is 12.1 Å². The molecule has 1 heterocycles. The quantitative estimate of drug-likeness (QED) is 0.831. The maximum absolute atomic E-state index is 12.8. The average molecular weight is 368 g/mol. The van der Waals surface area contributed by atoms with Gasteiger partial charge < -0.3 is 9.47 Å². The van der Waals surface area contributed by atoms with E-state index < -0.39 is 10.0 Å². The number of sulfonamides is 1. The summed E-state index contributed by atoms with van der Waals surface area (Å²) in [7, 11) is -2.08. The number of ether oxygens (including phenoxy) is 2. The van der Waals surface area contributed by atoms with Crippen molar-refractivity contribution in [2.24, 2.45) is 0 Å². The van der Waals surface area contributed by atoms with Gasteiger partial charge in [0.15, 0.2) is 11.5 Å². The Labute approximate surface area is 146 Å². The first-order chi connectivity index (χ1) is 11.5. The third-order valence-electron chi connectivity index (χ3n) is 3.75. The van der Waals surface area contributed by atoms with Crippen LogP contribution in [0.25, 0.3) is 0 Å². The highest BCUT2D eigenvalue weighted by Crippen LogP contribution is 2.32. The maximum atomic E-state index is 12.8. The minimum absolute atomic E-state index is 0.184. The molecule has 0 saturated carbocycles. The number of hydrogen-bond donors (Lipinski definition) is 0. The minimum atomic E-state index is -3.63. The second-order valence-corrected chi connectivity index (χ2v) is 8.03. The lowest BCUT2D eigenvalue weighted by Gasteiger charge is -2.18. The zero-order chi connectivity index (χ0) is 17.2. The monoisotopic (exact) mass is 367 g/mol. The van der Waals surface area contributed by atoms with Crippen molar-refractivity contribution in [3.63, 3.8) is 0 Å². The summed E-state index contributed by atoms with van der Waals surface area (Å²) in [4.78, 5) is 0.184. The summed E-state index contributed by atoms with van der Waals surface area (Å²) in [5, 5.41) is 0.618. The molecule has 0 amide bonds. The third-order valence-corrected chi connectivity index (χ3v) is 5.80. The molecular formula is C17H18ClNO4S. The molecule has 5 nitrogen and oxygen atoms in total. The van der Waals surface area contributed by atoms with E-state index in [1.54, 1.807) is 31.3 Å². The topological polar surface area (TPSA) is 55.8 Å². The van der Waals surface area contributed by atoms with Crippen molar-refractivity contribution in [2.75, 3.05) is 20.3 Å². The summed E-state index contributed by atoms with van der Waals surface area (Å²) >= 11 is 5.86. The fourth-order valence-electron chi connectivity index (χ4n) is 2.42. The lowest BCUT2D eigenvalue weighted by Crippen LogP contribution is -2.26. The van der Waals surface area contributed by atoms with Crippen molar-refractivity contribution < 1.29 is 17.9 Å². The molecule has 1 aliphatic rings. The Hall–Kier alpha value is -1.76. The molecule has 2 aromatic rings. The van der Waals surface area contributed by atoms with Crippen molar-refractivity contribution in [3.05, 3.63) is 53.1 Å². The van der Waals surface area contributed by atoms with Crippen LogP contribution in [-0.2, 0) is 16.6 Å². The van der Waals surface area contributed by atoms with Crippen LogP contribution < -0.4 is 9.47 Å². The molecule has 3 rings (SSSR count). The van der Waals surface area contributed by atoms with Crippen LogP contribution in [0.15, 0.2) is 47.4 Å². The number of rotatable bonds is 4. The molecule has 2 aromatic carbocycles. The van der Waals surface area contributed by atoms with E-state index in [-0.39, 0.29) is 11.4 Å². The molecule has 7 heteroatoms. The minimum Gasteiger partial charge on any atom is -0.490 e. The van der Waals surface area contributed by atoms with Crippen LogP contribution in [0.5, 0.6) is 11.5 Å². The molecule has 1 aliphatic heterocycles. The maximum Gasteiger partial charge on any atom is 0.243 e. The Kier molecular flexibility index (Phi) is 4.99. The average Bonchev–Trinajstić information content (AvgIpc) is 2.81. The van der Waals surface area contributed by atoms with Crippen LogP contribution in [0.2, 0.25) is 5.02 Å². The zero-order valence-electron chi connectivity index (χ0n) is 13.2. The highest BCUT2D eigenvalue weighted by Gasteiger charge is 2.23. The molecule has 0 spiro atoms. The third kappa shape index (κ3) is 3.66. The van der Waals surface area contributed by atoms with Gasteiger partial charge in [0.05, 0.1) is 18.1 Å². The van der Waals surface area contributed by atoms with Crippen molar-refractivity contribution in [3.8, 4) is 11.5 Å². The Morgan fingerprint density at radius 1 is 1.04 bits per heavy atom. The van der Waals surface area contributed by atoms with Gasteiger partial charge in [0.1, 0.15) is 0 Å². The van der Waals surface area contributed by atoms with Gasteiger partial charge in [-0.25, -0.2) is 8.42 Å². The van der Waals surface area contributed by atoms with Gasteiger partial charge in [0.25, 0.3) is 0 Å². The summed E-state index contributed by atoms with van der Waals surface area (Å²) in [5.41, 5.74) is 0.861. The van der Waals surface area contributed by atoms with Gasteiger partial charge in [0.2, 0.25) is 10.0 Å². The number of benzene rings is 2. The van der Waals surface area contributed by atoms with E-state index in [4.69, 9.17) is 21.1 Å². The SMILES string of the molecule is CN(Cc1ccc(Cl)cc1)S(=O)(=O)c1ccc2c(c1)OCCCO2. The van der Waals surface area contributed by atoms with Crippen LogP contribution in [0.3, 0.4) is 0 Å². The van der Waals surface area contributed by atoms with Gasteiger partial charge in [0, 0.05) is 31.1 Å². The Bertz CT molecular complexity index is 821. The Morgan fingerprint density at radius 2 is 1.71 bits per heavy atom. The lowest BCUT2D eigenvalue weighted by atomic mass is 10.2. The fourth-order valence-corrected chi connectivity index (χ4v) is 3.72. The molecule has 0 atom stereocenters. The molecule has 24 heavy (non-hydrogen) atoms. The van der Waals surface area contributed by atoms with Gasteiger partial charge in [-0.2, -0.15) is 4.31 Å². The second-order valence-electron chi connectivity index (χ2n) is 5.55. The van der Waals surface area contributed by atoms with Crippen molar-refractivity contribution in [1.29, 1.82) is 0 Å². The van der Waals surface area contributed by atoms with Crippen LogP contribution >= 0.6 is 11.6 Å². The first-order valence-electron chi connectivity index (χ1n) is 7.57. The summed E-state index contributed by atoms with van der Waals surface area (Å²) in [6.07, 6.45) is 0.771. The molecular weight excluding hydrogens is 350 g/mol. The summed E-state index contributed by atoms with van der Waals surface area (Å²) in [5.74, 6) is 1.04. The van der Waals surface area contributed by atoms with E-state index >= 15 is 0 Å². The van der Waals surface area contributed by atoms with Gasteiger partial charge in [-0.15, -0.1) is 0 Å². The largest absolute Gasteiger partial charge is 0.490 e. The molecule has 0 fully saturated rings. The molecule has 0 aliphatic carbocycles. The predicted molar refractivity (Wildman–Crippen MR) is 92.2 cm³/mol. The molecule has 128 valence electrons. The first kappa shape index (κ1) is 17.1. The van der Waals surface area contributed by atoms with E-state index in [1.165, 1.54) is 10.4 Å². The number of hydrogen-bond acceptors (Lipinski definition) is 4. The van der Waals surface area contributed by atoms with E-state index in [0.717, 1.165) is 12.0 Å². The molecule has 0 N–H and O–H groups in total. The smallest absolute Gasteiger partial charge is 0.243 e. The van der Waals surface area contributed by atoms with E-state index in [9.17, 15) is 8.42 Å². The van der Waals surface area contributed by atoms with E-state index in [2.05, 4.69) is 0 Å². The Morgan fingerprint density at radius 3 is 2.42 bits per heavy atom. The number of fused-ring (bicyclic) bond motifs is 1. The summed E-state index contributed by atoms with van der Waals surface area (Å²) < 4.78 is 38.0. The molecule has 0 aromatic heterocycles. The molecule has 0 saturated heterocycles. The standard InChI is InChI=1S/C17H18ClNO4S/c1-19(12-13-3-5-14(18)6-4-13)24(20,21)15-7-8-16-17(11-15)23-10-2-9-22-16/h3-8,11H,2,9-10,12H2,1H3. The lowest BCUT2D eigenvalue weighted by molar-refractivity contribution is 0.297. The van der Waals surface area contributed by atoms with E-state index in [0.29, 0.717) is 29.7 Å². The highest BCUT2D eigenvalue weighted by molar-refractivity contribution is 7.89. The van der Waals surface area contributed by atoms with Crippen LogP contribution in [0.4, 0.5) is 0 Å². The molecule has 0 radical (unpaired) electrons. The van der Waals surface area contributed by atoms with Crippen molar-refractivity contribution in [2.45, 2.75) is 17.9 Å². The Balaban J connectivity index is 1.84. The number of nitrogens with zero attached hydrogens (tertiary/aromatic N) is 1. The normalized spacial score (nSPS) is 14.5. The predicted octanol–water partition coefficient (Wildman–Crippen LogP) is 3.32. The molecule has 0 unspecified atom stereocenters. The second kappa shape index (κ2) is 7.01. The van der Waals surface area contributed by atoms with Gasteiger partial charge in [-0.3, -0.25) is 0 Å². The van der Waals surface area contributed by atoms with Crippen LogP contribution in [0.1, 0.15) is 12.0 Å². The van der Waals surface area contributed by atoms with Crippen molar-refractivity contribution in [1.82, 2.24) is 4.31 Å². The first-order valence-corrected chi connectivity index (χ1v) is 9.39. The summed E-state index contributed by atoms with van der Waals surface area (Å²) in [6, 6.07) is 11.8. The van der Waals surface area contributed by atoms with Crippen molar-refractivity contribution >= 4 is 21.6 Å². The van der Waals surface area contributed by atoms with Gasteiger partial charge >= 0.3 is 0 Å². The van der Waals surface area contributed by atoms with Gasteiger partial charge in [-0.1, -0.05) is 23.7 Å². The summed E-state index contributed by atoms with van der Waals surface area (Å²) in [6.45, 7) is 1.33. The zero-order valence-corrected chi connectivity index (χ0v) is 14.8. The van der Waals surface area contributed by atoms with Crippen LogP contribution in [0, 0.1) is 0 Å².